The van der Waals surface area contributed by atoms with Crippen LogP contribution in [0.1, 0.15) is 20.7 Å². The number of likely N-dealkylation sites (N-methyl/N-ethyl adjacent to an activating group) is 1. The van der Waals surface area contributed by atoms with Gasteiger partial charge in [-0.2, -0.15) is 18.3 Å². The second-order valence-corrected chi connectivity index (χ2v) is 7.57. The van der Waals surface area contributed by atoms with Crippen LogP contribution < -0.4 is 11.1 Å². The smallest absolute Gasteiger partial charge is 0.383 e. The van der Waals surface area contributed by atoms with E-state index in [1.54, 1.807) is 18.2 Å². The van der Waals surface area contributed by atoms with Gasteiger partial charge in [0.25, 0.3) is 11.8 Å². The maximum absolute atomic E-state index is 13.7. The first-order valence-corrected chi connectivity index (χ1v) is 9.90. The Morgan fingerprint density at radius 2 is 1.74 bits per heavy atom. The molecule has 1 atom stereocenters. The van der Waals surface area contributed by atoms with Gasteiger partial charge in [-0.1, -0.05) is 18.2 Å². The highest BCUT2D eigenvalue weighted by molar-refractivity contribution is 5.98. The molecule has 3 rings (SSSR count). The van der Waals surface area contributed by atoms with E-state index >= 15 is 0 Å². The van der Waals surface area contributed by atoms with Crippen LogP contribution in [0.5, 0.6) is 0 Å². The molecule has 1 unspecified atom stereocenters. The summed E-state index contributed by atoms with van der Waals surface area (Å²) in [6.07, 6.45) is -4.14. The molecule has 0 fully saturated rings. The van der Waals surface area contributed by atoms with Gasteiger partial charge in [0.05, 0.1) is 25.0 Å². The van der Waals surface area contributed by atoms with E-state index in [9.17, 15) is 32.3 Å². The van der Waals surface area contributed by atoms with E-state index in [1.807, 2.05) is 5.32 Å². The van der Waals surface area contributed by atoms with Gasteiger partial charge >= 0.3 is 6.18 Å². The number of carbonyl (C=O) groups is 2. The zero-order chi connectivity index (χ0) is 25.1. The Kier molecular flexibility index (Phi) is 6.91. The van der Waals surface area contributed by atoms with Crippen LogP contribution in [0.4, 0.5) is 23.4 Å². The average molecular weight is 479 g/mol. The van der Waals surface area contributed by atoms with E-state index in [4.69, 9.17) is 5.73 Å². The van der Waals surface area contributed by atoms with Gasteiger partial charge in [-0.05, 0) is 36.4 Å². The van der Waals surface area contributed by atoms with Gasteiger partial charge in [0.2, 0.25) is 0 Å². The molecule has 0 aliphatic rings. The van der Waals surface area contributed by atoms with Crippen LogP contribution >= 0.6 is 0 Å². The fraction of sp³-hybridized carbons (Fsp3) is 0.227. The molecule has 180 valence electrons. The van der Waals surface area contributed by atoms with Gasteiger partial charge < -0.3 is 21.1 Å². The van der Waals surface area contributed by atoms with Crippen LogP contribution in [0.3, 0.4) is 0 Å². The zero-order valence-electron chi connectivity index (χ0n) is 17.9. The highest BCUT2D eigenvalue weighted by atomic mass is 19.4. The first kappa shape index (κ1) is 24.7. The largest absolute Gasteiger partial charge is 0.420 e. The number of nitrogens with zero attached hydrogens (tertiary/aromatic N) is 3. The zero-order valence-corrected chi connectivity index (χ0v) is 17.9. The van der Waals surface area contributed by atoms with Crippen molar-refractivity contribution in [2.24, 2.45) is 0 Å². The van der Waals surface area contributed by atoms with E-state index in [0.717, 1.165) is 35.0 Å². The summed E-state index contributed by atoms with van der Waals surface area (Å²) in [7, 11) is 1.11. The van der Waals surface area contributed by atoms with Crippen LogP contribution in [0.15, 0.2) is 60.8 Å². The molecule has 1 aromatic heterocycles. The summed E-state index contributed by atoms with van der Waals surface area (Å²) in [6, 6.07) is 12.6. The van der Waals surface area contributed by atoms with Crippen molar-refractivity contribution in [3.05, 3.63) is 77.7 Å². The van der Waals surface area contributed by atoms with Crippen molar-refractivity contribution >= 4 is 17.6 Å². The standard InChI is InChI=1S/C22H21F4N5O3/c1-30(20(33)14-5-3-2-4-6-14)13-21(34,22(24,25)26)12-28-19(32)17-11-29-31(18(17)27)16-9-7-15(23)8-10-16/h2-11,34H,12-13,27H2,1H3,(H,28,32). The number of hydrogen-bond acceptors (Lipinski definition) is 5. The molecule has 34 heavy (non-hydrogen) atoms. The van der Waals surface area contributed by atoms with Crippen molar-refractivity contribution < 1.29 is 32.3 Å². The highest BCUT2D eigenvalue weighted by Crippen LogP contribution is 2.31. The van der Waals surface area contributed by atoms with E-state index in [0.29, 0.717) is 5.69 Å². The number of nitrogen functional groups attached to an aromatic ring is 1. The van der Waals surface area contributed by atoms with Gasteiger partial charge in [0.1, 0.15) is 17.2 Å². The Hall–Kier alpha value is -3.93. The Morgan fingerprint density at radius 1 is 1.12 bits per heavy atom. The third-order valence-electron chi connectivity index (χ3n) is 5.06. The number of aromatic nitrogens is 2. The van der Waals surface area contributed by atoms with Crippen molar-refractivity contribution in [1.29, 1.82) is 0 Å². The third kappa shape index (κ3) is 5.17. The number of anilines is 1. The summed E-state index contributed by atoms with van der Waals surface area (Å²) in [4.78, 5) is 25.7. The Bertz CT molecular complexity index is 1170. The van der Waals surface area contributed by atoms with Gasteiger partial charge in [0, 0.05) is 12.6 Å². The minimum Gasteiger partial charge on any atom is -0.383 e. The van der Waals surface area contributed by atoms with Gasteiger partial charge in [0.15, 0.2) is 5.60 Å². The molecule has 0 saturated heterocycles. The number of amides is 2. The van der Waals surface area contributed by atoms with E-state index in [1.165, 1.54) is 24.3 Å². The van der Waals surface area contributed by atoms with Crippen LogP contribution in [0.2, 0.25) is 0 Å². The number of nitrogens with two attached hydrogens (primary N) is 1. The van der Waals surface area contributed by atoms with Crippen molar-refractivity contribution in [1.82, 2.24) is 20.0 Å². The monoisotopic (exact) mass is 479 g/mol. The minimum atomic E-state index is -5.17. The summed E-state index contributed by atoms with van der Waals surface area (Å²) in [5, 5.41) is 16.3. The van der Waals surface area contributed by atoms with Crippen molar-refractivity contribution in [3.63, 3.8) is 0 Å². The van der Waals surface area contributed by atoms with Crippen LogP contribution in [-0.2, 0) is 0 Å². The minimum absolute atomic E-state index is 0.138. The number of aliphatic hydroxyl groups is 1. The number of alkyl halides is 3. The third-order valence-corrected chi connectivity index (χ3v) is 5.06. The lowest BCUT2D eigenvalue weighted by Crippen LogP contribution is -2.60. The number of halogens is 4. The predicted molar refractivity (Wildman–Crippen MR) is 115 cm³/mol. The lowest BCUT2D eigenvalue weighted by atomic mass is 10.0. The second-order valence-electron chi connectivity index (χ2n) is 7.57. The topological polar surface area (TPSA) is 113 Å². The molecule has 3 aromatic rings. The van der Waals surface area contributed by atoms with E-state index in [-0.39, 0.29) is 16.9 Å². The molecule has 0 spiro atoms. The summed E-state index contributed by atoms with van der Waals surface area (Å²) in [6.45, 7) is -2.38. The summed E-state index contributed by atoms with van der Waals surface area (Å²) in [5.74, 6) is -2.46. The molecule has 0 saturated carbocycles. The summed E-state index contributed by atoms with van der Waals surface area (Å²) >= 11 is 0. The van der Waals surface area contributed by atoms with Gasteiger partial charge in [-0.15, -0.1) is 0 Å². The molecule has 0 aliphatic heterocycles. The molecule has 0 bridgehead atoms. The second kappa shape index (κ2) is 9.51. The summed E-state index contributed by atoms with van der Waals surface area (Å²) in [5.41, 5.74) is 2.67. The summed E-state index contributed by atoms with van der Waals surface area (Å²) < 4.78 is 55.4. The Morgan fingerprint density at radius 3 is 2.32 bits per heavy atom. The molecular formula is C22H21F4N5O3. The van der Waals surface area contributed by atoms with Crippen LogP contribution in [-0.4, -0.2) is 63.5 Å². The average Bonchev–Trinajstić information content (AvgIpc) is 3.18. The first-order valence-electron chi connectivity index (χ1n) is 9.90. The molecule has 2 aromatic carbocycles. The maximum Gasteiger partial charge on any atom is 0.420 e. The molecule has 12 heteroatoms. The Labute approximate surface area is 191 Å². The lowest BCUT2D eigenvalue weighted by molar-refractivity contribution is -0.259. The lowest BCUT2D eigenvalue weighted by Gasteiger charge is -2.34. The van der Waals surface area contributed by atoms with Crippen molar-refractivity contribution in [2.45, 2.75) is 11.8 Å². The number of carbonyl (C=O) groups excluding carboxylic acids is 2. The van der Waals surface area contributed by atoms with Gasteiger partial charge in [-0.25, -0.2) is 9.07 Å². The fourth-order valence-corrected chi connectivity index (χ4v) is 3.15. The first-order chi connectivity index (χ1) is 15.9. The number of benzene rings is 2. The maximum atomic E-state index is 13.7. The van der Waals surface area contributed by atoms with Crippen molar-refractivity contribution in [3.8, 4) is 5.69 Å². The number of rotatable bonds is 7. The molecule has 0 aliphatic carbocycles. The molecule has 1 heterocycles. The van der Waals surface area contributed by atoms with Gasteiger partial charge in [-0.3, -0.25) is 9.59 Å². The predicted octanol–water partition coefficient (Wildman–Crippen LogP) is 2.39. The quantitative estimate of drug-likeness (QED) is 0.451. The fourth-order valence-electron chi connectivity index (χ4n) is 3.15. The van der Waals surface area contributed by atoms with Crippen LogP contribution in [0.25, 0.3) is 5.69 Å². The highest BCUT2D eigenvalue weighted by Gasteiger charge is 2.55. The number of hydrogen-bond donors (Lipinski definition) is 3. The van der Waals surface area contributed by atoms with Crippen LogP contribution in [0, 0.1) is 5.82 Å². The normalized spacial score (nSPS) is 13.2. The van der Waals surface area contributed by atoms with E-state index < -0.39 is 42.5 Å². The van der Waals surface area contributed by atoms with Crippen molar-refractivity contribution in [2.75, 3.05) is 25.9 Å². The van der Waals surface area contributed by atoms with E-state index in [2.05, 4.69) is 5.10 Å². The molecule has 4 N–H and O–H groups in total. The molecule has 2 amide bonds. The Balaban J connectivity index is 1.74. The molecule has 0 radical (unpaired) electrons. The molecule has 8 nitrogen and oxygen atoms in total. The molecular weight excluding hydrogens is 458 g/mol. The SMILES string of the molecule is CN(CC(O)(CNC(=O)c1cnn(-c2ccc(F)cc2)c1N)C(F)(F)F)C(=O)c1ccccc1. The number of nitrogens with one attached hydrogen (secondary N) is 1.